The number of ether oxygens (including phenoxy) is 2. The van der Waals surface area contributed by atoms with Crippen molar-refractivity contribution in [3.05, 3.63) is 53.6 Å². The molecule has 126 valence electrons. The fourth-order valence-electron chi connectivity index (χ4n) is 3.45. The summed E-state index contributed by atoms with van der Waals surface area (Å²) in [4.78, 5) is 0.238. The molecule has 0 saturated heterocycles. The molecule has 2 aromatic rings. The number of hydrogen-bond acceptors (Lipinski definition) is 4. The zero-order valence-corrected chi connectivity index (χ0v) is 14.5. The van der Waals surface area contributed by atoms with Crippen LogP contribution in [0.15, 0.2) is 47.4 Å². The van der Waals surface area contributed by atoms with Gasteiger partial charge in [-0.25, -0.2) is 8.42 Å². The molecule has 2 aliphatic rings. The second-order valence-corrected chi connectivity index (χ2v) is 8.77. The van der Waals surface area contributed by atoms with E-state index in [2.05, 4.69) is 19.9 Å². The fraction of sp³-hybridized carbons (Fsp3) is 0.333. The first kappa shape index (κ1) is 15.5. The number of nitrogens with zero attached hydrogens (tertiary/aromatic N) is 1. The Hall–Kier alpha value is -2.05. The third kappa shape index (κ3) is 2.37. The number of fused-ring (bicyclic) bond motifs is 2. The van der Waals surface area contributed by atoms with E-state index in [1.807, 2.05) is 18.2 Å². The lowest BCUT2D eigenvalue weighted by Crippen LogP contribution is -2.44. The van der Waals surface area contributed by atoms with Gasteiger partial charge in [-0.1, -0.05) is 38.1 Å². The molecule has 0 aromatic heterocycles. The first-order valence-electron chi connectivity index (χ1n) is 7.86. The van der Waals surface area contributed by atoms with Crippen molar-refractivity contribution in [2.75, 3.05) is 13.3 Å². The molecule has 4 rings (SSSR count). The van der Waals surface area contributed by atoms with E-state index in [0.29, 0.717) is 24.6 Å². The van der Waals surface area contributed by atoms with Crippen LogP contribution in [0.3, 0.4) is 0 Å². The van der Waals surface area contributed by atoms with Gasteiger partial charge < -0.3 is 9.47 Å². The van der Waals surface area contributed by atoms with Gasteiger partial charge in [0.15, 0.2) is 11.5 Å². The Kier molecular flexibility index (Phi) is 3.37. The van der Waals surface area contributed by atoms with E-state index in [0.717, 1.165) is 5.56 Å². The lowest BCUT2D eigenvalue weighted by Gasteiger charge is -2.39. The molecule has 2 aliphatic heterocycles. The molecule has 6 heteroatoms. The minimum atomic E-state index is -3.60. The summed E-state index contributed by atoms with van der Waals surface area (Å²) in [5.41, 5.74) is 2.03. The zero-order chi connectivity index (χ0) is 16.9. The summed E-state index contributed by atoms with van der Waals surface area (Å²) in [6.45, 7) is 5.11. The molecule has 0 spiro atoms. The van der Waals surface area contributed by atoms with Crippen LogP contribution in [0.1, 0.15) is 25.0 Å². The van der Waals surface area contributed by atoms with Crippen molar-refractivity contribution in [1.29, 1.82) is 0 Å². The molecule has 0 bridgehead atoms. The van der Waals surface area contributed by atoms with E-state index in [9.17, 15) is 8.42 Å². The molecule has 0 aliphatic carbocycles. The van der Waals surface area contributed by atoms with E-state index in [4.69, 9.17) is 9.47 Å². The summed E-state index contributed by atoms with van der Waals surface area (Å²) in [5.74, 6) is 1.06. The quantitative estimate of drug-likeness (QED) is 0.840. The van der Waals surface area contributed by atoms with E-state index in [-0.39, 0.29) is 17.1 Å². The van der Waals surface area contributed by atoms with Crippen LogP contribution in [-0.4, -0.2) is 26.1 Å². The summed E-state index contributed by atoms with van der Waals surface area (Å²) in [5, 5.41) is 0. The Morgan fingerprint density at radius 2 is 1.79 bits per heavy atom. The first-order valence-corrected chi connectivity index (χ1v) is 9.30. The van der Waals surface area contributed by atoms with Crippen LogP contribution in [0.2, 0.25) is 0 Å². The standard InChI is InChI=1S/C18H19NO4S/c1-18(2)11-19(10-13-5-3-4-6-15(13)18)24(20,21)14-7-8-16-17(9-14)23-12-22-16/h3-9H,10-12H2,1-2H3. The lowest BCUT2D eigenvalue weighted by molar-refractivity contribution is 0.174. The van der Waals surface area contributed by atoms with Crippen LogP contribution in [0, 0.1) is 0 Å². The Morgan fingerprint density at radius 3 is 2.62 bits per heavy atom. The topological polar surface area (TPSA) is 55.8 Å². The summed E-state index contributed by atoms with van der Waals surface area (Å²) in [7, 11) is -3.60. The molecule has 0 atom stereocenters. The fourth-order valence-corrected chi connectivity index (χ4v) is 5.04. The predicted octanol–water partition coefficient (Wildman–Crippen LogP) is 2.90. The zero-order valence-electron chi connectivity index (χ0n) is 13.7. The predicted molar refractivity (Wildman–Crippen MR) is 89.6 cm³/mol. The number of rotatable bonds is 2. The highest BCUT2D eigenvalue weighted by molar-refractivity contribution is 7.89. The van der Waals surface area contributed by atoms with Gasteiger partial charge in [-0.2, -0.15) is 4.31 Å². The van der Waals surface area contributed by atoms with Gasteiger partial charge in [0.25, 0.3) is 0 Å². The average molecular weight is 345 g/mol. The minimum absolute atomic E-state index is 0.128. The molecule has 0 saturated carbocycles. The number of sulfonamides is 1. The molecule has 0 amide bonds. The van der Waals surface area contributed by atoms with E-state index in [1.165, 1.54) is 5.56 Å². The second kappa shape index (κ2) is 5.22. The highest BCUT2D eigenvalue weighted by Crippen LogP contribution is 2.38. The summed E-state index contributed by atoms with van der Waals surface area (Å²) in [6, 6.07) is 12.8. The van der Waals surface area contributed by atoms with Crippen molar-refractivity contribution in [2.45, 2.75) is 30.7 Å². The van der Waals surface area contributed by atoms with Crippen LogP contribution in [0.25, 0.3) is 0 Å². The van der Waals surface area contributed by atoms with Crippen molar-refractivity contribution >= 4 is 10.0 Å². The molecule has 0 radical (unpaired) electrons. The minimum Gasteiger partial charge on any atom is -0.454 e. The maximum atomic E-state index is 13.1. The smallest absolute Gasteiger partial charge is 0.243 e. The van der Waals surface area contributed by atoms with Crippen molar-refractivity contribution in [1.82, 2.24) is 4.31 Å². The molecule has 5 nitrogen and oxygen atoms in total. The monoisotopic (exact) mass is 345 g/mol. The highest BCUT2D eigenvalue weighted by Gasteiger charge is 2.37. The highest BCUT2D eigenvalue weighted by atomic mass is 32.2. The van der Waals surface area contributed by atoms with Crippen LogP contribution >= 0.6 is 0 Å². The van der Waals surface area contributed by atoms with Crippen LogP contribution < -0.4 is 9.47 Å². The van der Waals surface area contributed by atoms with E-state index >= 15 is 0 Å². The Morgan fingerprint density at radius 1 is 1.04 bits per heavy atom. The normalized spacial score (nSPS) is 19.1. The Balaban J connectivity index is 1.73. The van der Waals surface area contributed by atoms with Gasteiger partial charge in [-0.15, -0.1) is 0 Å². The van der Waals surface area contributed by atoms with E-state index < -0.39 is 10.0 Å². The van der Waals surface area contributed by atoms with Gasteiger partial charge in [0, 0.05) is 24.6 Å². The van der Waals surface area contributed by atoms with Crippen molar-refractivity contribution in [2.24, 2.45) is 0 Å². The molecule has 0 fully saturated rings. The third-order valence-electron chi connectivity index (χ3n) is 4.65. The largest absolute Gasteiger partial charge is 0.454 e. The second-order valence-electron chi connectivity index (χ2n) is 6.83. The molecule has 2 heterocycles. The summed E-state index contributed by atoms with van der Waals surface area (Å²) >= 11 is 0. The van der Waals surface area contributed by atoms with Gasteiger partial charge >= 0.3 is 0 Å². The van der Waals surface area contributed by atoms with Gasteiger partial charge in [-0.3, -0.25) is 0 Å². The van der Waals surface area contributed by atoms with Crippen molar-refractivity contribution in [3.63, 3.8) is 0 Å². The van der Waals surface area contributed by atoms with Crippen molar-refractivity contribution < 1.29 is 17.9 Å². The summed E-state index contributed by atoms with van der Waals surface area (Å²) < 4.78 is 38.4. The van der Waals surface area contributed by atoms with E-state index in [1.54, 1.807) is 22.5 Å². The van der Waals surface area contributed by atoms with Gasteiger partial charge in [0.05, 0.1) is 4.90 Å². The first-order chi connectivity index (χ1) is 11.4. The summed E-state index contributed by atoms with van der Waals surface area (Å²) in [6.07, 6.45) is 0. The molecule has 0 unspecified atom stereocenters. The molecule has 0 N–H and O–H groups in total. The Bertz CT molecular complexity index is 905. The van der Waals surface area contributed by atoms with Crippen LogP contribution in [0.4, 0.5) is 0 Å². The molecule has 2 aromatic carbocycles. The third-order valence-corrected chi connectivity index (χ3v) is 6.43. The SMILES string of the molecule is CC1(C)CN(S(=O)(=O)c2ccc3c(c2)OCO3)Cc2ccccc21. The number of benzene rings is 2. The lowest BCUT2D eigenvalue weighted by atomic mass is 9.79. The maximum Gasteiger partial charge on any atom is 0.243 e. The van der Waals surface area contributed by atoms with Crippen LogP contribution in [-0.2, 0) is 22.0 Å². The maximum absolute atomic E-state index is 13.1. The average Bonchev–Trinajstić information content (AvgIpc) is 3.01. The molecular formula is C18H19NO4S. The van der Waals surface area contributed by atoms with Crippen molar-refractivity contribution in [3.8, 4) is 11.5 Å². The number of hydrogen-bond donors (Lipinski definition) is 0. The van der Waals surface area contributed by atoms with Gasteiger partial charge in [0.2, 0.25) is 16.8 Å². The van der Waals surface area contributed by atoms with Gasteiger partial charge in [0.1, 0.15) is 0 Å². The Labute approximate surface area is 141 Å². The van der Waals surface area contributed by atoms with Crippen LogP contribution in [0.5, 0.6) is 11.5 Å². The molecule has 24 heavy (non-hydrogen) atoms. The molecular weight excluding hydrogens is 326 g/mol. The van der Waals surface area contributed by atoms with Gasteiger partial charge in [-0.05, 0) is 23.3 Å².